The fourth-order valence-electron chi connectivity index (χ4n) is 4.53. The summed E-state index contributed by atoms with van der Waals surface area (Å²) in [6.07, 6.45) is 7.84. The first-order valence-electron chi connectivity index (χ1n) is 8.82. The van der Waals surface area contributed by atoms with Crippen molar-refractivity contribution in [2.24, 2.45) is 5.92 Å². The molecule has 3 aliphatic rings. The van der Waals surface area contributed by atoms with Gasteiger partial charge in [-0.15, -0.1) is 0 Å². The molecular weight excluding hydrogens is 292 g/mol. The van der Waals surface area contributed by atoms with E-state index in [1.807, 2.05) is 4.90 Å². The number of carbonyl (C=O) groups is 1. The molecule has 0 aromatic carbocycles. The monoisotopic (exact) mass is 316 g/mol. The van der Waals surface area contributed by atoms with Gasteiger partial charge in [-0.2, -0.15) is 0 Å². The summed E-state index contributed by atoms with van der Waals surface area (Å²) in [6, 6.07) is 0.429. The van der Waals surface area contributed by atoms with Gasteiger partial charge in [0.05, 0.1) is 24.5 Å². The van der Waals surface area contributed by atoms with Crippen LogP contribution in [0, 0.1) is 5.92 Å². The molecule has 0 radical (unpaired) electrons. The van der Waals surface area contributed by atoms with E-state index in [0.717, 1.165) is 43.6 Å². The third-order valence-electron chi connectivity index (χ3n) is 5.73. The molecule has 6 nitrogen and oxygen atoms in total. The maximum Gasteiger partial charge on any atom is 0.254 e. The minimum absolute atomic E-state index is 0.0572. The van der Waals surface area contributed by atoms with Crippen LogP contribution in [0.1, 0.15) is 43.4 Å². The Kier molecular flexibility index (Phi) is 3.93. The summed E-state index contributed by atoms with van der Waals surface area (Å²) in [5.41, 5.74) is 1.46. The van der Waals surface area contributed by atoms with Crippen LogP contribution in [0.15, 0.2) is 11.1 Å². The summed E-state index contributed by atoms with van der Waals surface area (Å²) in [7, 11) is 0. The van der Waals surface area contributed by atoms with Gasteiger partial charge in [0, 0.05) is 18.2 Å². The third kappa shape index (κ3) is 2.69. The lowest BCUT2D eigenvalue weighted by atomic mass is 9.82. The number of carbonyl (C=O) groups excluding carboxylic acids is 1. The highest BCUT2D eigenvalue weighted by Crippen LogP contribution is 2.32. The normalized spacial score (nSPS) is 28.1. The molecule has 1 amide bonds. The quantitative estimate of drug-likeness (QED) is 0.836. The first-order valence-corrected chi connectivity index (χ1v) is 8.82. The highest BCUT2D eigenvalue weighted by atomic mass is 16.2. The van der Waals surface area contributed by atoms with E-state index >= 15 is 0 Å². The molecule has 0 aliphatic carbocycles. The van der Waals surface area contributed by atoms with Crippen LogP contribution in [0.4, 0.5) is 0 Å². The van der Waals surface area contributed by atoms with Crippen LogP contribution in [0.3, 0.4) is 0 Å². The Balaban J connectivity index is 1.52. The molecule has 1 N–H and O–H groups in total. The Morgan fingerprint density at radius 3 is 2.96 bits per heavy atom. The molecule has 0 spiro atoms. The van der Waals surface area contributed by atoms with Gasteiger partial charge in [-0.05, 0) is 45.2 Å². The predicted molar refractivity (Wildman–Crippen MR) is 85.9 cm³/mol. The zero-order valence-corrected chi connectivity index (χ0v) is 13.5. The van der Waals surface area contributed by atoms with Crippen molar-refractivity contribution in [2.75, 3.05) is 19.6 Å². The minimum atomic E-state index is -0.0572. The second-order valence-corrected chi connectivity index (χ2v) is 7.01. The molecular formula is C17H24N4O2. The molecule has 23 heavy (non-hydrogen) atoms. The smallest absolute Gasteiger partial charge is 0.254 e. The maximum atomic E-state index is 13.1. The molecule has 3 aliphatic heterocycles. The highest BCUT2D eigenvalue weighted by molar-refractivity contribution is 5.80. The fourth-order valence-corrected chi connectivity index (χ4v) is 4.53. The lowest BCUT2D eigenvalue weighted by Gasteiger charge is -2.45. The summed E-state index contributed by atoms with van der Waals surface area (Å²) >= 11 is 0. The first-order chi connectivity index (χ1) is 11.2. The van der Waals surface area contributed by atoms with E-state index in [9.17, 15) is 9.59 Å². The van der Waals surface area contributed by atoms with Gasteiger partial charge in [0.15, 0.2) is 0 Å². The number of H-pyrrole nitrogens is 1. The number of piperidine rings is 2. The SMILES string of the molecule is O=C([C@@H]1CCCN2CCCC[C@H]12)N1CCc2c(nc[nH]c2=O)C1. The van der Waals surface area contributed by atoms with Crippen molar-refractivity contribution < 1.29 is 4.79 Å². The van der Waals surface area contributed by atoms with Gasteiger partial charge in [-0.25, -0.2) is 4.98 Å². The summed E-state index contributed by atoms with van der Waals surface area (Å²) in [5, 5.41) is 0. The minimum Gasteiger partial charge on any atom is -0.336 e. The van der Waals surface area contributed by atoms with E-state index in [1.165, 1.54) is 19.2 Å². The standard InChI is InChI=1S/C17H24N4O2/c22-16-12-6-9-21(10-14(12)18-11-19-16)17(23)13-4-3-8-20-7-2-1-5-15(13)20/h11,13,15H,1-10H2,(H,18,19,22)/t13-,15-/m1/s1. The molecule has 2 fully saturated rings. The van der Waals surface area contributed by atoms with E-state index < -0.39 is 0 Å². The van der Waals surface area contributed by atoms with Gasteiger partial charge in [0.2, 0.25) is 5.91 Å². The van der Waals surface area contributed by atoms with Crippen molar-refractivity contribution in [1.29, 1.82) is 0 Å². The molecule has 1 aromatic rings. The van der Waals surface area contributed by atoms with Gasteiger partial charge < -0.3 is 9.88 Å². The number of fused-ring (bicyclic) bond motifs is 2. The van der Waals surface area contributed by atoms with Gasteiger partial charge >= 0.3 is 0 Å². The van der Waals surface area contributed by atoms with Crippen LogP contribution >= 0.6 is 0 Å². The van der Waals surface area contributed by atoms with Crippen LogP contribution in [0.25, 0.3) is 0 Å². The van der Waals surface area contributed by atoms with Crippen molar-refractivity contribution in [1.82, 2.24) is 19.8 Å². The van der Waals surface area contributed by atoms with Crippen LogP contribution in [0.5, 0.6) is 0 Å². The molecule has 2 saturated heterocycles. The maximum absolute atomic E-state index is 13.1. The largest absolute Gasteiger partial charge is 0.336 e. The van der Waals surface area contributed by atoms with Crippen LogP contribution < -0.4 is 5.56 Å². The van der Waals surface area contributed by atoms with E-state index in [1.54, 1.807) is 0 Å². The van der Waals surface area contributed by atoms with E-state index in [2.05, 4.69) is 14.9 Å². The average molecular weight is 316 g/mol. The third-order valence-corrected chi connectivity index (χ3v) is 5.73. The van der Waals surface area contributed by atoms with Gasteiger partial charge in [-0.1, -0.05) is 6.42 Å². The molecule has 124 valence electrons. The Labute approximate surface area is 135 Å². The summed E-state index contributed by atoms with van der Waals surface area (Å²) < 4.78 is 0. The molecule has 2 atom stereocenters. The number of nitrogens with one attached hydrogen (secondary N) is 1. The Morgan fingerprint density at radius 2 is 2.04 bits per heavy atom. The first kappa shape index (κ1) is 14.9. The number of amides is 1. The van der Waals surface area contributed by atoms with Crippen molar-refractivity contribution >= 4 is 5.91 Å². The number of aromatic amines is 1. The van der Waals surface area contributed by atoms with E-state index in [0.29, 0.717) is 25.6 Å². The van der Waals surface area contributed by atoms with Crippen LogP contribution in [-0.4, -0.2) is 51.4 Å². The number of hydrogen-bond donors (Lipinski definition) is 1. The van der Waals surface area contributed by atoms with Gasteiger partial charge in [-0.3, -0.25) is 14.5 Å². The second kappa shape index (κ2) is 6.07. The topological polar surface area (TPSA) is 69.3 Å². The molecule has 6 heteroatoms. The average Bonchev–Trinajstić information content (AvgIpc) is 2.60. The molecule has 0 unspecified atom stereocenters. The summed E-state index contributed by atoms with van der Waals surface area (Å²) in [6.45, 7) is 3.42. The van der Waals surface area contributed by atoms with Crippen molar-refractivity contribution in [2.45, 2.75) is 51.1 Å². The molecule has 1 aromatic heterocycles. The fraction of sp³-hybridized carbons (Fsp3) is 0.706. The van der Waals surface area contributed by atoms with Crippen molar-refractivity contribution in [3.63, 3.8) is 0 Å². The predicted octanol–water partition coefficient (Wildman–Crippen LogP) is 0.919. The Bertz CT molecular complexity index is 654. The van der Waals surface area contributed by atoms with Crippen molar-refractivity contribution in [3.8, 4) is 0 Å². The number of nitrogens with zero attached hydrogens (tertiary/aromatic N) is 3. The molecule has 4 rings (SSSR count). The second-order valence-electron chi connectivity index (χ2n) is 7.01. The number of aromatic nitrogens is 2. The zero-order valence-electron chi connectivity index (χ0n) is 13.5. The Hall–Kier alpha value is -1.69. The molecule has 0 saturated carbocycles. The molecule has 0 bridgehead atoms. The van der Waals surface area contributed by atoms with Crippen LogP contribution in [0.2, 0.25) is 0 Å². The zero-order chi connectivity index (χ0) is 15.8. The molecule has 4 heterocycles. The Morgan fingerprint density at radius 1 is 1.17 bits per heavy atom. The number of rotatable bonds is 1. The van der Waals surface area contributed by atoms with E-state index in [4.69, 9.17) is 0 Å². The lowest BCUT2D eigenvalue weighted by Crippen LogP contribution is -2.54. The van der Waals surface area contributed by atoms with E-state index in [-0.39, 0.29) is 17.4 Å². The highest BCUT2D eigenvalue weighted by Gasteiger charge is 2.39. The summed E-state index contributed by atoms with van der Waals surface area (Å²) in [4.78, 5) is 36.3. The number of hydrogen-bond acceptors (Lipinski definition) is 4. The van der Waals surface area contributed by atoms with Crippen LogP contribution in [-0.2, 0) is 17.8 Å². The lowest BCUT2D eigenvalue weighted by molar-refractivity contribution is -0.141. The van der Waals surface area contributed by atoms with Gasteiger partial charge in [0.1, 0.15) is 0 Å². The summed E-state index contributed by atoms with van der Waals surface area (Å²) in [5.74, 6) is 0.405. The van der Waals surface area contributed by atoms with Crippen molar-refractivity contribution in [3.05, 3.63) is 27.9 Å². The van der Waals surface area contributed by atoms with Gasteiger partial charge in [0.25, 0.3) is 5.56 Å².